The van der Waals surface area contributed by atoms with Gasteiger partial charge in [-0.15, -0.1) is 0 Å². The Morgan fingerprint density at radius 1 is 1.08 bits per heavy atom. The predicted molar refractivity (Wildman–Crippen MR) is 105 cm³/mol. The van der Waals surface area contributed by atoms with Crippen LogP contribution < -0.4 is 15.5 Å². The number of rotatable bonds is 3. The average Bonchev–Trinajstić information content (AvgIpc) is 2.90. The molecule has 0 aliphatic carbocycles. The van der Waals surface area contributed by atoms with Crippen LogP contribution in [0.2, 0.25) is 18.1 Å². The number of amides is 1. The standard InChI is InChI=1S/C20H26N2O2Si/c1-20(2,3)25(4,5)24-14-8-6-13(7-9-14)15-10-11-17(21)18-16(15)12-22-19(18)23/h6-11H,12,21H2,1-5H3,(H,22,23). The van der Waals surface area contributed by atoms with Gasteiger partial charge in [-0.1, -0.05) is 39.0 Å². The highest BCUT2D eigenvalue weighted by Gasteiger charge is 2.38. The van der Waals surface area contributed by atoms with Gasteiger partial charge < -0.3 is 15.5 Å². The van der Waals surface area contributed by atoms with Crippen molar-refractivity contribution in [1.29, 1.82) is 0 Å². The first-order valence-electron chi connectivity index (χ1n) is 8.59. The highest BCUT2D eigenvalue weighted by Crippen LogP contribution is 2.38. The van der Waals surface area contributed by atoms with Gasteiger partial charge in [0.15, 0.2) is 0 Å². The second kappa shape index (κ2) is 5.91. The third kappa shape index (κ3) is 3.16. The van der Waals surface area contributed by atoms with Gasteiger partial charge in [-0.25, -0.2) is 0 Å². The summed E-state index contributed by atoms with van der Waals surface area (Å²) in [4.78, 5) is 12.0. The summed E-state index contributed by atoms with van der Waals surface area (Å²) in [5.41, 5.74) is 10.2. The smallest absolute Gasteiger partial charge is 0.254 e. The van der Waals surface area contributed by atoms with Gasteiger partial charge in [0, 0.05) is 12.2 Å². The fourth-order valence-corrected chi connectivity index (χ4v) is 3.83. The minimum absolute atomic E-state index is 0.0905. The molecule has 0 unspecified atom stereocenters. The summed E-state index contributed by atoms with van der Waals surface area (Å²) in [5, 5.41) is 3.02. The summed E-state index contributed by atoms with van der Waals surface area (Å²) in [6.07, 6.45) is 0. The maximum Gasteiger partial charge on any atom is 0.254 e. The number of anilines is 1. The maximum absolute atomic E-state index is 12.0. The molecular weight excluding hydrogens is 328 g/mol. The lowest BCUT2D eigenvalue weighted by Crippen LogP contribution is -2.43. The highest BCUT2D eigenvalue weighted by atomic mass is 28.4. The summed E-state index contributed by atoms with van der Waals surface area (Å²) >= 11 is 0. The Morgan fingerprint density at radius 2 is 1.72 bits per heavy atom. The first kappa shape index (κ1) is 17.5. The summed E-state index contributed by atoms with van der Waals surface area (Å²) < 4.78 is 6.34. The van der Waals surface area contributed by atoms with Crippen molar-refractivity contribution in [2.75, 3.05) is 5.73 Å². The SMILES string of the molecule is CC(C)(C)[Si](C)(C)Oc1ccc(-c2ccc(N)c3c2CNC3=O)cc1. The van der Waals surface area contributed by atoms with Crippen molar-refractivity contribution in [2.45, 2.75) is 45.4 Å². The van der Waals surface area contributed by atoms with Crippen LogP contribution in [0, 0.1) is 0 Å². The number of nitrogens with one attached hydrogen (secondary N) is 1. The molecule has 0 atom stereocenters. The molecule has 0 aromatic heterocycles. The van der Waals surface area contributed by atoms with E-state index in [0.29, 0.717) is 17.8 Å². The van der Waals surface area contributed by atoms with Crippen molar-refractivity contribution < 1.29 is 9.22 Å². The van der Waals surface area contributed by atoms with Crippen LogP contribution in [-0.4, -0.2) is 14.2 Å². The molecule has 1 heterocycles. The first-order chi connectivity index (χ1) is 11.6. The van der Waals surface area contributed by atoms with Crippen LogP contribution >= 0.6 is 0 Å². The van der Waals surface area contributed by atoms with Gasteiger partial charge in [0.05, 0.1) is 5.56 Å². The number of nitrogen functional groups attached to an aromatic ring is 1. The van der Waals surface area contributed by atoms with E-state index in [-0.39, 0.29) is 10.9 Å². The molecule has 1 amide bonds. The molecule has 0 spiro atoms. The zero-order chi connectivity index (χ0) is 18.4. The van der Waals surface area contributed by atoms with Gasteiger partial charge >= 0.3 is 0 Å². The van der Waals surface area contributed by atoms with Crippen LogP contribution in [-0.2, 0) is 6.54 Å². The normalized spacial score (nSPS) is 14.2. The van der Waals surface area contributed by atoms with E-state index in [0.717, 1.165) is 22.4 Å². The molecule has 0 saturated heterocycles. The zero-order valence-electron chi connectivity index (χ0n) is 15.6. The lowest BCUT2D eigenvalue weighted by atomic mass is 9.96. The lowest BCUT2D eigenvalue weighted by molar-refractivity contribution is 0.0966. The molecule has 0 fully saturated rings. The number of hydrogen-bond donors (Lipinski definition) is 2. The van der Waals surface area contributed by atoms with Crippen molar-refractivity contribution in [3.05, 3.63) is 47.5 Å². The molecule has 132 valence electrons. The van der Waals surface area contributed by atoms with Gasteiger partial charge in [0.2, 0.25) is 8.32 Å². The molecule has 25 heavy (non-hydrogen) atoms. The van der Waals surface area contributed by atoms with Crippen molar-refractivity contribution in [3.8, 4) is 16.9 Å². The molecule has 5 heteroatoms. The van der Waals surface area contributed by atoms with Crippen LogP contribution in [0.15, 0.2) is 36.4 Å². The third-order valence-corrected chi connectivity index (χ3v) is 9.70. The Kier molecular flexibility index (Phi) is 4.15. The molecule has 4 nitrogen and oxygen atoms in total. The Bertz CT molecular complexity index is 821. The fraction of sp³-hybridized carbons (Fsp3) is 0.350. The fourth-order valence-electron chi connectivity index (χ4n) is 2.80. The van der Waals surface area contributed by atoms with E-state index in [1.54, 1.807) is 6.07 Å². The number of hydrogen-bond acceptors (Lipinski definition) is 3. The minimum atomic E-state index is -1.85. The number of nitrogens with two attached hydrogens (primary N) is 1. The molecule has 2 aromatic rings. The molecule has 1 aliphatic rings. The Morgan fingerprint density at radius 3 is 2.32 bits per heavy atom. The van der Waals surface area contributed by atoms with E-state index in [1.165, 1.54) is 0 Å². The van der Waals surface area contributed by atoms with Crippen molar-refractivity contribution >= 4 is 19.9 Å². The summed E-state index contributed by atoms with van der Waals surface area (Å²) in [6, 6.07) is 11.9. The Balaban J connectivity index is 1.91. The monoisotopic (exact) mass is 354 g/mol. The van der Waals surface area contributed by atoms with E-state index in [1.807, 2.05) is 18.2 Å². The molecule has 3 rings (SSSR count). The predicted octanol–water partition coefficient (Wildman–Crippen LogP) is 4.56. The van der Waals surface area contributed by atoms with Crippen molar-refractivity contribution in [2.24, 2.45) is 0 Å². The van der Waals surface area contributed by atoms with Crippen LogP contribution in [0.4, 0.5) is 5.69 Å². The van der Waals surface area contributed by atoms with Crippen LogP contribution in [0.25, 0.3) is 11.1 Å². The lowest BCUT2D eigenvalue weighted by Gasteiger charge is -2.36. The van der Waals surface area contributed by atoms with E-state index in [2.05, 4.69) is 51.3 Å². The number of carbonyl (C=O) groups excluding carboxylic acids is 1. The Labute approximate surface area is 150 Å². The number of benzene rings is 2. The van der Waals surface area contributed by atoms with Crippen LogP contribution in [0.1, 0.15) is 36.7 Å². The molecule has 0 saturated carbocycles. The van der Waals surface area contributed by atoms with Gasteiger partial charge in [0.25, 0.3) is 5.91 Å². The second-order valence-electron chi connectivity index (χ2n) is 8.13. The summed E-state index contributed by atoms with van der Waals surface area (Å²) in [6.45, 7) is 11.7. The quantitative estimate of drug-likeness (QED) is 0.627. The van der Waals surface area contributed by atoms with E-state index >= 15 is 0 Å². The Hall–Kier alpha value is -2.27. The topological polar surface area (TPSA) is 64.3 Å². The summed E-state index contributed by atoms with van der Waals surface area (Å²) in [5.74, 6) is 0.809. The number of carbonyl (C=O) groups is 1. The number of fused-ring (bicyclic) bond motifs is 1. The van der Waals surface area contributed by atoms with E-state index in [4.69, 9.17) is 10.2 Å². The maximum atomic E-state index is 12.0. The largest absolute Gasteiger partial charge is 0.544 e. The van der Waals surface area contributed by atoms with Gasteiger partial charge in [-0.3, -0.25) is 4.79 Å². The molecule has 0 bridgehead atoms. The van der Waals surface area contributed by atoms with Gasteiger partial charge in [-0.05, 0) is 53.0 Å². The van der Waals surface area contributed by atoms with Crippen molar-refractivity contribution in [1.82, 2.24) is 5.32 Å². The molecule has 1 aliphatic heterocycles. The second-order valence-corrected chi connectivity index (χ2v) is 12.9. The van der Waals surface area contributed by atoms with E-state index < -0.39 is 8.32 Å². The zero-order valence-corrected chi connectivity index (χ0v) is 16.6. The summed E-state index contributed by atoms with van der Waals surface area (Å²) in [7, 11) is -1.85. The van der Waals surface area contributed by atoms with Crippen molar-refractivity contribution in [3.63, 3.8) is 0 Å². The molecular formula is C20H26N2O2Si. The minimum Gasteiger partial charge on any atom is -0.544 e. The highest BCUT2D eigenvalue weighted by molar-refractivity contribution is 6.74. The van der Waals surface area contributed by atoms with Gasteiger partial charge in [0.1, 0.15) is 5.75 Å². The first-order valence-corrected chi connectivity index (χ1v) is 11.5. The average molecular weight is 355 g/mol. The van der Waals surface area contributed by atoms with E-state index in [9.17, 15) is 4.79 Å². The van der Waals surface area contributed by atoms with Gasteiger partial charge in [-0.2, -0.15) is 0 Å². The third-order valence-electron chi connectivity index (χ3n) is 5.34. The van der Waals surface area contributed by atoms with Crippen LogP contribution in [0.3, 0.4) is 0 Å². The molecule has 2 aromatic carbocycles. The molecule has 0 radical (unpaired) electrons. The molecule has 3 N–H and O–H groups in total. The van der Waals surface area contributed by atoms with Crippen LogP contribution in [0.5, 0.6) is 5.75 Å².